The molecule has 0 aliphatic heterocycles. The molecule has 0 radical (unpaired) electrons. The summed E-state index contributed by atoms with van der Waals surface area (Å²) in [7, 11) is 0. The number of nitriles is 1. The maximum Gasteiger partial charge on any atom is 0.306 e. The molecule has 0 bridgehead atoms. The van der Waals surface area contributed by atoms with Gasteiger partial charge in [-0.3, -0.25) is 4.79 Å². The third kappa shape index (κ3) is 3.49. The molecule has 0 atom stereocenters. The van der Waals surface area contributed by atoms with Crippen LogP contribution in [0.5, 0.6) is 5.75 Å². The molecule has 2 N–H and O–H groups in total. The highest BCUT2D eigenvalue weighted by molar-refractivity contribution is 5.70. The smallest absolute Gasteiger partial charge is 0.306 e. The van der Waals surface area contributed by atoms with Crippen molar-refractivity contribution in [2.75, 3.05) is 6.61 Å². The van der Waals surface area contributed by atoms with Crippen LogP contribution in [-0.2, 0) is 4.79 Å². The monoisotopic (exact) mass is 275 g/mol. The van der Waals surface area contributed by atoms with Crippen LogP contribution in [0, 0.1) is 17.2 Å². The number of carboxylic acid groups (broad SMARTS) is 1. The summed E-state index contributed by atoms with van der Waals surface area (Å²) in [6.45, 7) is 0.119. The molecule has 0 unspecified atom stereocenters. The highest BCUT2D eigenvalue weighted by Gasteiger charge is 2.36. The molecule has 1 aromatic rings. The number of aliphatic carboxylic acids is 1. The van der Waals surface area contributed by atoms with Gasteiger partial charge in [0.1, 0.15) is 12.4 Å². The van der Waals surface area contributed by atoms with E-state index in [-0.39, 0.29) is 12.5 Å². The van der Waals surface area contributed by atoms with E-state index in [0.717, 1.165) is 0 Å². The van der Waals surface area contributed by atoms with E-state index in [2.05, 4.69) is 0 Å². The molecule has 1 saturated carbocycles. The second-order valence-corrected chi connectivity index (χ2v) is 5.27. The molecule has 0 heterocycles. The molecule has 0 saturated heterocycles. The molecule has 1 aliphatic rings. The van der Waals surface area contributed by atoms with Crippen LogP contribution in [0.1, 0.15) is 31.2 Å². The van der Waals surface area contributed by atoms with Gasteiger partial charge in [-0.25, -0.2) is 0 Å². The van der Waals surface area contributed by atoms with Crippen LogP contribution in [0.2, 0.25) is 0 Å². The van der Waals surface area contributed by atoms with Crippen molar-refractivity contribution < 1.29 is 19.7 Å². The highest BCUT2D eigenvalue weighted by atomic mass is 16.5. The van der Waals surface area contributed by atoms with Crippen LogP contribution >= 0.6 is 0 Å². The lowest BCUT2D eigenvalue weighted by molar-refractivity contribution is -0.145. The van der Waals surface area contributed by atoms with Gasteiger partial charge < -0.3 is 14.9 Å². The number of carboxylic acids is 1. The zero-order valence-corrected chi connectivity index (χ0v) is 11.1. The molecule has 1 aliphatic carbocycles. The van der Waals surface area contributed by atoms with Crippen LogP contribution in [0.15, 0.2) is 24.3 Å². The molecule has 0 aromatic heterocycles. The summed E-state index contributed by atoms with van der Waals surface area (Å²) in [5, 5.41) is 28.1. The molecular weight excluding hydrogens is 258 g/mol. The summed E-state index contributed by atoms with van der Waals surface area (Å²) in [5.74, 6) is -0.621. The molecule has 5 heteroatoms. The van der Waals surface area contributed by atoms with Crippen molar-refractivity contribution in [3.63, 3.8) is 0 Å². The van der Waals surface area contributed by atoms with E-state index in [9.17, 15) is 9.90 Å². The Morgan fingerprint density at radius 3 is 2.75 bits per heavy atom. The molecule has 106 valence electrons. The summed E-state index contributed by atoms with van der Waals surface area (Å²) < 4.78 is 5.54. The Morgan fingerprint density at radius 1 is 1.45 bits per heavy atom. The number of aliphatic hydroxyl groups is 1. The maximum absolute atomic E-state index is 10.9. The molecule has 20 heavy (non-hydrogen) atoms. The average Bonchev–Trinajstić information content (AvgIpc) is 2.46. The van der Waals surface area contributed by atoms with Gasteiger partial charge in [-0.05, 0) is 43.9 Å². The van der Waals surface area contributed by atoms with E-state index in [4.69, 9.17) is 15.1 Å². The van der Waals surface area contributed by atoms with Crippen LogP contribution in [0.4, 0.5) is 0 Å². The normalized spacial score (nSPS) is 25.7. The Hall–Kier alpha value is -2.06. The minimum atomic E-state index is -0.978. The van der Waals surface area contributed by atoms with Crippen molar-refractivity contribution in [3.8, 4) is 11.8 Å². The first-order valence-corrected chi connectivity index (χ1v) is 6.60. The fraction of sp³-hybridized carbons (Fsp3) is 0.467. The Morgan fingerprint density at radius 2 is 2.15 bits per heavy atom. The van der Waals surface area contributed by atoms with Crippen molar-refractivity contribution >= 4 is 5.97 Å². The SMILES string of the molecule is N#Cc1cccc(OCC2(O)CCC(C(=O)O)CC2)c1. The largest absolute Gasteiger partial charge is 0.491 e. The number of carbonyl (C=O) groups is 1. The second kappa shape index (κ2) is 5.93. The molecule has 1 fully saturated rings. The van der Waals surface area contributed by atoms with E-state index in [1.54, 1.807) is 24.3 Å². The Balaban J connectivity index is 1.90. The quantitative estimate of drug-likeness (QED) is 0.876. The minimum absolute atomic E-state index is 0.119. The van der Waals surface area contributed by atoms with Gasteiger partial charge in [0.25, 0.3) is 0 Å². The average molecular weight is 275 g/mol. The fourth-order valence-electron chi connectivity index (χ4n) is 2.42. The van der Waals surface area contributed by atoms with Gasteiger partial charge in [-0.2, -0.15) is 5.26 Å². The topological polar surface area (TPSA) is 90.5 Å². The van der Waals surface area contributed by atoms with Gasteiger partial charge in [0, 0.05) is 0 Å². The standard InChI is InChI=1S/C15H17NO4/c16-9-11-2-1-3-13(8-11)20-10-15(19)6-4-12(5-7-15)14(17)18/h1-3,8,12,19H,4-7,10H2,(H,17,18). The van der Waals surface area contributed by atoms with Gasteiger partial charge in [-0.15, -0.1) is 0 Å². The zero-order valence-electron chi connectivity index (χ0n) is 11.1. The van der Waals surface area contributed by atoms with E-state index in [1.807, 2.05) is 6.07 Å². The number of hydrogen-bond donors (Lipinski definition) is 2. The number of benzene rings is 1. The lowest BCUT2D eigenvalue weighted by Crippen LogP contribution is -2.41. The number of nitrogens with zero attached hydrogens (tertiary/aromatic N) is 1. The van der Waals surface area contributed by atoms with Crippen LogP contribution < -0.4 is 4.74 Å². The minimum Gasteiger partial charge on any atom is -0.491 e. The summed E-state index contributed by atoms with van der Waals surface area (Å²) in [4.78, 5) is 10.9. The predicted octanol–water partition coefficient (Wildman–Crippen LogP) is 1.94. The van der Waals surface area contributed by atoms with Crippen molar-refractivity contribution in [1.82, 2.24) is 0 Å². The van der Waals surface area contributed by atoms with E-state index in [0.29, 0.717) is 37.0 Å². The summed E-state index contributed by atoms with van der Waals surface area (Å²) >= 11 is 0. The van der Waals surface area contributed by atoms with E-state index in [1.165, 1.54) is 0 Å². The van der Waals surface area contributed by atoms with Crippen molar-refractivity contribution in [1.29, 1.82) is 5.26 Å². The molecule has 2 rings (SSSR count). The first-order valence-electron chi connectivity index (χ1n) is 6.60. The number of hydrogen-bond acceptors (Lipinski definition) is 4. The molecule has 0 amide bonds. The van der Waals surface area contributed by atoms with Crippen LogP contribution in [0.3, 0.4) is 0 Å². The van der Waals surface area contributed by atoms with Gasteiger partial charge >= 0.3 is 5.97 Å². The number of rotatable bonds is 4. The van der Waals surface area contributed by atoms with E-state index >= 15 is 0 Å². The molecule has 0 spiro atoms. The van der Waals surface area contributed by atoms with Gasteiger partial charge in [0.2, 0.25) is 0 Å². The third-order valence-corrected chi connectivity index (χ3v) is 3.74. The zero-order chi connectivity index (χ0) is 14.6. The first-order chi connectivity index (χ1) is 9.52. The van der Waals surface area contributed by atoms with Gasteiger partial charge in [-0.1, -0.05) is 6.07 Å². The van der Waals surface area contributed by atoms with Crippen molar-refractivity contribution in [2.24, 2.45) is 5.92 Å². The molecule has 5 nitrogen and oxygen atoms in total. The maximum atomic E-state index is 10.9. The summed E-state index contributed by atoms with van der Waals surface area (Å²) in [6.07, 6.45) is 1.77. The second-order valence-electron chi connectivity index (χ2n) is 5.27. The highest BCUT2D eigenvalue weighted by Crippen LogP contribution is 2.32. The Labute approximate surface area is 117 Å². The number of ether oxygens (including phenoxy) is 1. The van der Waals surface area contributed by atoms with Crippen molar-refractivity contribution in [2.45, 2.75) is 31.3 Å². The Kier molecular flexibility index (Phi) is 4.26. The summed E-state index contributed by atoms with van der Waals surface area (Å²) in [6, 6.07) is 8.77. The van der Waals surface area contributed by atoms with Crippen molar-refractivity contribution in [3.05, 3.63) is 29.8 Å². The first kappa shape index (κ1) is 14.4. The van der Waals surface area contributed by atoms with Crippen LogP contribution in [0.25, 0.3) is 0 Å². The lowest BCUT2D eigenvalue weighted by atomic mass is 9.79. The lowest BCUT2D eigenvalue weighted by Gasteiger charge is -2.34. The van der Waals surface area contributed by atoms with Gasteiger partial charge in [0.05, 0.1) is 23.2 Å². The Bertz CT molecular complexity index is 527. The van der Waals surface area contributed by atoms with E-state index < -0.39 is 11.6 Å². The third-order valence-electron chi connectivity index (χ3n) is 3.74. The van der Waals surface area contributed by atoms with Crippen LogP contribution in [-0.4, -0.2) is 28.4 Å². The molecule has 1 aromatic carbocycles. The predicted molar refractivity (Wildman–Crippen MR) is 71.2 cm³/mol. The summed E-state index contributed by atoms with van der Waals surface area (Å²) in [5.41, 5.74) is -0.474. The van der Waals surface area contributed by atoms with Gasteiger partial charge in [0.15, 0.2) is 0 Å². The molecular formula is C15H17NO4. The fourth-order valence-corrected chi connectivity index (χ4v) is 2.42.